The Labute approximate surface area is 108 Å². The van der Waals surface area contributed by atoms with Gasteiger partial charge in [-0.1, -0.05) is 30.3 Å². The van der Waals surface area contributed by atoms with Gasteiger partial charge in [-0.2, -0.15) is 0 Å². The molecule has 0 aliphatic carbocycles. The zero-order valence-corrected chi connectivity index (χ0v) is 10.9. The molecule has 0 unspecified atom stereocenters. The van der Waals surface area contributed by atoms with Crippen molar-refractivity contribution in [2.45, 2.75) is 32.6 Å². The molecule has 2 rings (SSSR count). The zero-order chi connectivity index (χ0) is 13.0. The molecule has 1 N–H and O–H groups in total. The van der Waals surface area contributed by atoms with Crippen molar-refractivity contribution in [2.24, 2.45) is 0 Å². The lowest BCUT2D eigenvalue weighted by atomic mass is 10.2. The Morgan fingerprint density at radius 1 is 1.28 bits per heavy atom. The summed E-state index contributed by atoms with van der Waals surface area (Å²) in [6.07, 6.45) is 0.215. The van der Waals surface area contributed by atoms with Crippen molar-refractivity contribution < 1.29 is 9.53 Å². The van der Waals surface area contributed by atoms with Crippen LogP contribution in [-0.2, 0) is 11.3 Å². The minimum atomic E-state index is -0.0131. The van der Waals surface area contributed by atoms with Gasteiger partial charge in [-0.15, -0.1) is 0 Å². The summed E-state index contributed by atoms with van der Waals surface area (Å²) in [6.45, 7) is 5.87. The van der Waals surface area contributed by atoms with Gasteiger partial charge in [-0.25, -0.2) is 4.79 Å². The summed E-state index contributed by atoms with van der Waals surface area (Å²) in [5.41, 5.74) is 1.11. The number of carbonyl (C=O) groups is 1. The molecule has 1 saturated heterocycles. The minimum absolute atomic E-state index is 0.0131. The van der Waals surface area contributed by atoms with E-state index in [0.717, 1.165) is 5.56 Å². The number of rotatable bonds is 2. The van der Waals surface area contributed by atoms with Crippen LogP contribution in [0.15, 0.2) is 30.3 Å². The quantitative estimate of drug-likeness (QED) is 0.869. The number of morpholine rings is 1. The minimum Gasteiger partial charge on any atom is -0.372 e. The first-order chi connectivity index (χ1) is 8.65. The summed E-state index contributed by atoms with van der Waals surface area (Å²) >= 11 is 0. The van der Waals surface area contributed by atoms with Crippen LogP contribution in [-0.4, -0.2) is 36.2 Å². The first kappa shape index (κ1) is 12.9. The Bertz CT molecular complexity index is 384. The van der Waals surface area contributed by atoms with E-state index in [1.807, 2.05) is 49.1 Å². The summed E-state index contributed by atoms with van der Waals surface area (Å²) < 4.78 is 5.61. The van der Waals surface area contributed by atoms with Crippen LogP contribution in [0.5, 0.6) is 0 Å². The van der Waals surface area contributed by atoms with E-state index in [1.165, 1.54) is 0 Å². The zero-order valence-electron chi connectivity index (χ0n) is 10.9. The highest BCUT2D eigenvalue weighted by Crippen LogP contribution is 2.10. The van der Waals surface area contributed by atoms with Gasteiger partial charge >= 0.3 is 6.03 Å². The van der Waals surface area contributed by atoms with Gasteiger partial charge in [0.2, 0.25) is 0 Å². The Morgan fingerprint density at radius 2 is 1.89 bits per heavy atom. The summed E-state index contributed by atoms with van der Waals surface area (Å²) in [5, 5.41) is 2.94. The molecule has 4 nitrogen and oxygen atoms in total. The highest BCUT2D eigenvalue weighted by Gasteiger charge is 2.25. The Hall–Kier alpha value is -1.55. The highest BCUT2D eigenvalue weighted by molar-refractivity contribution is 5.74. The second-order valence-corrected chi connectivity index (χ2v) is 4.81. The Kier molecular flexibility index (Phi) is 4.20. The lowest BCUT2D eigenvalue weighted by Gasteiger charge is -2.35. The largest absolute Gasteiger partial charge is 0.372 e. The number of hydrogen-bond acceptors (Lipinski definition) is 2. The molecule has 0 saturated carbocycles. The number of nitrogens with one attached hydrogen (secondary N) is 1. The van der Waals surface area contributed by atoms with Gasteiger partial charge in [0.25, 0.3) is 0 Å². The van der Waals surface area contributed by atoms with Crippen molar-refractivity contribution in [3.8, 4) is 0 Å². The maximum atomic E-state index is 12.0. The number of ether oxygens (including phenoxy) is 1. The van der Waals surface area contributed by atoms with E-state index in [2.05, 4.69) is 5.32 Å². The van der Waals surface area contributed by atoms with E-state index < -0.39 is 0 Å². The topological polar surface area (TPSA) is 41.6 Å². The van der Waals surface area contributed by atoms with Crippen molar-refractivity contribution in [1.29, 1.82) is 0 Å². The van der Waals surface area contributed by atoms with Crippen LogP contribution in [0.25, 0.3) is 0 Å². The van der Waals surface area contributed by atoms with Crippen LogP contribution < -0.4 is 5.32 Å². The number of nitrogens with zero attached hydrogens (tertiary/aromatic N) is 1. The van der Waals surface area contributed by atoms with Crippen LogP contribution >= 0.6 is 0 Å². The van der Waals surface area contributed by atoms with Crippen molar-refractivity contribution >= 4 is 6.03 Å². The average Bonchev–Trinajstić information content (AvgIpc) is 2.36. The second kappa shape index (κ2) is 5.87. The molecule has 2 amide bonds. The fraction of sp³-hybridized carbons (Fsp3) is 0.500. The highest BCUT2D eigenvalue weighted by atomic mass is 16.5. The van der Waals surface area contributed by atoms with Gasteiger partial charge in [0.15, 0.2) is 0 Å². The van der Waals surface area contributed by atoms with Crippen LogP contribution in [0.3, 0.4) is 0 Å². The number of urea groups is 1. The molecule has 4 heteroatoms. The Morgan fingerprint density at radius 3 is 2.50 bits per heavy atom. The molecule has 0 bridgehead atoms. The van der Waals surface area contributed by atoms with Gasteiger partial charge in [-0.3, -0.25) is 0 Å². The van der Waals surface area contributed by atoms with Crippen LogP contribution in [0.1, 0.15) is 19.4 Å². The molecular weight excluding hydrogens is 228 g/mol. The molecule has 0 radical (unpaired) electrons. The van der Waals surface area contributed by atoms with Crippen LogP contribution in [0.2, 0.25) is 0 Å². The van der Waals surface area contributed by atoms with Crippen LogP contribution in [0.4, 0.5) is 4.79 Å². The smallest absolute Gasteiger partial charge is 0.317 e. The number of benzene rings is 1. The normalized spacial score (nSPS) is 23.8. The molecule has 1 aromatic carbocycles. The summed E-state index contributed by atoms with van der Waals surface area (Å²) in [7, 11) is 0. The van der Waals surface area contributed by atoms with Crippen molar-refractivity contribution in [3.63, 3.8) is 0 Å². The van der Waals surface area contributed by atoms with E-state index in [1.54, 1.807) is 0 Å². The molecule has 0 spiro atoms. The third kappa shape index (κ3) is 3.47. The second-order valence-electron chi connectivity index (χ2n) is 4.81. The lowest BCUT2D eigenvalue weighted by Crippen LogP contribution is -2.51. The van der Waals surface area contributed by atoms with Gasteiger partial charge < -0.3 is 15.0 Å². The van der Waals surface area contributed by atoms with E-state index in [4.69, 9.17) is 4.74 Å². The first-order valence-corrected chi connectivity index (χ1v) is 6.37. The molecule has 2 atom stereocenters. The molecule has 1 aliphatic rings. The van der Waals surface area contributed by atoms with Crippen molar-refractivity contribution in [3.05, 3.63) is 35.9 Å². The molecule has 1 fully saturated rings. The monoisotopic (exact) mass is 248 g/mol. The fourth-order valence-electron chi connectivity index (χ4n) is 2.23. The molecule has 18 heavy (non-hydrogen) atoms. The third-order valence-electron chi connectivity index (χ3n) is 2.99. The van der Waals surface area contributed by atoms with Gasteiger partial charge in [-0.05, 0) is 19.4 Å². The first-order valence-electron chi connectivity index (χ1n) is 6.37. The molecule has 98 valence electrons. The SMILES string of the molecule is C[C@@H]1CN(C(=O)NCc2ccccc2)C[C@H](C)O1. The maximum absolute atomic E-state index is 12.0. The lowest BCUT2D eigenvalue weighted by molar-refractivity contribution is -0.0545. The van der Waals surface area contributed by atoms with Crippen molar-refractivity contribution in [1.82, 2.24) is 10.2 Å². The molecule has 0 aromatic heterocycles. The average molecular weight is 248 g/mol. The number of amides is 2. The van der Waals surface area contributed by atoms with Gasteiger partial charge in [0, 0.05) is 19.6 Å². The van der Waals surface area contributed by atoms with E-state index in [0.29, 0.717) is 19.6 Å². The number of hydrogen-bond donors (Lipinski definition) is 1. The maximum Gasteiger partial charge on any atom is 0.317 e. The van der Waals surface area contributed by atoms with E-state index in [-0.39, 0.29) is 18.2 Å². The Balaban J connectivity index is 1.84. The number of carbonyl (C=O) groups excluding carboxylic acids is 1. The summed E-state index contributed by atoms with van der Waals surface area (Å²) in [5.74, 6) is 0. The van der Waals surface area contributed by atoms with Gasteiger partial charge in [0.05, 0.1) is 12.2 Å². The predicted octanol–water partition coefficient (Wildman–Crippen LogP) is 2.01. The van der Waals surface area contributed by atoms with E-state index in [9.17, 15) is 4.79 Å². The van der Waals surface area contributed by atoms with Gasteiger partial charge in [0.1, 0.15) is 0 Å². The molecule has 1 aliphatic heterocycles. The fourth-order valence-corrected chi connectivity index (χ4v) is 2.23. The van der Waals surface area contributed by atoms with E-state index >= 15 is 0 Å². The summed E-state index contributed by atoms with van der Waals surface area (Å²) in [4.78, 5) is 13.8. The molecule has 1 aromatic rings. The molecular formula is C14H20N2O2. The predicted molar refractivity (Wildman–Crippen MR) is 70.3 cm³/mol. The molecule has 1 heterocycles. The van der Waals surface area contributed by atoms with Crippen molar-refractivity contribution in [2.75, 3.05) is 13.1 Å². The summed E-state index contributed by atoms with van der Waals surface area (Å²) in [6, 6.07) is 9.91. The van der Waals surface area contributed by atoms with Crippen LogP contribution in [0, 0.1) is 0 Å². The standard InChI is InChI=1S/C14H20N2O2/c1-11-9-16(10-12(2)18-11)14(17)15-8-13-6-4-3-5-7-13/h3-7,11-12H,8-10H2,1-2H3,(H,15,17)/t11-,12+. The third-order valence-corrected chi connectivity index (χ3v) is 2.99.